The molecule has 0 bridgehead atoms. The lowest BCUT2D eigenvalue weighted by Crippen LogP contribution is -2.21. The molecule has 0 amide bonds. The lowest BCUT2D eigenvalue weighted by atomic mass is 10.2. The molecule has 1 aromatic carbocycles. The van der Waals surface area contributed by atoms with Gasteiger partial charge >= 0.3 is 0 Å². The van der Waals surface area contributed by atoms with E-state index < -0.39 is 0 Å². The van der Waals surface area contributed by atoms with Crippen LogP contribution >= 0.6 is 0 Å². The normalized spacial score (nSPS) is 11.4. The minimum Gasteiger partial charge on any atom is -0.507 e. The van der Waals surface area contributed by atoms with Crippen LogP contribution in [0, 0.1) is 0 Å². The van der Waals surface area contributed by atoms with Crippen LogP contribution in [0.25, 0.3) is 0 Å². The lowest BCUT2D eigenvalue weighted by molar-refractivity contribution is 0.421. The van der Waals surface area contributed by atoms with Crippen LogP contribution in [-0.4, -0.2) is 56.5 Å². The fourth-order valence-electron chi connectivity index (χ4n) is 1.85. The molecule has 1 aromatic rings. The molecule has 4 heteroatoms. The van der Waals surface area contributed by atoms with Crippen molar-refractivity contribution >= 4 is 11.9 Å². The molecule has 0 spiro atoms. The summed E-state index contributed by atoms with van der Waals surface area (Å²) in [5.41, 5.74) is 1.82. The molecule has 0 heterocycles. The van der Waals surface area contributed by atoms with Gasteiger partial charge in [-0.1, -0.05) is 0 Å². The first-order valence-electron chi connectivity index (χ1n) is 6.81. The smallest absolute Gasteiger partial charge is 0.126 e. The van der Waals surface area contributed by atoms with Crippen molar-refractivity contribution < 1.29 is 5.11 Å². The van der Waals surface area contributed by atoms with Gasteiger partial charge in [-0.25, -0.2) is 0 Å². The summed E-state index contributed by atoms with van der Waals surface area (Å²) in [5.74, 6) is 0.290. The fourth-order valence-corrected chi connectivity index (χ4v) is 1.85. The predicted molar refractivity (Wildman–Crippen MR) is 82.7 cm³/mol. The van der Waals surface area contributed by atoms with Gasteiger partial charge in [-0.15, -0.1) is 0 Å². The van der Waals surface area contributed by atoms with E-state index in [1.807, 2.05) is 26.2 Å². The molecule has 0 radical (unpaired) electrons. The third-order valence-corrected chi connectivity index (χ3v) is 3.05. The van der Waals surface area contributed by atoms with Crippen molar-refractivity contribution in [2.24, 2.45) is 4.99 Å². The van der Waals surface area contributed by atoms with E-state index in [9.17, 15) is 5.11 Å². The van der Waals surface area contributed by atoms with Crippen molar-refractivity contribution in [2.45, 2.75) is 13.8 Å². The van der Waals surface area contributed by atoms with Crippen LogP contribution < -0.4 is 4.90 Å². The van der Waals surface area contributed by atoms with Crippen molar-refractivity contribution in [3.63, 3.8) is 0 Å². The molecule has 4 nitrogen and oxygen atoms in total. The second-order valence-corrected chi connectivity index (χ2v) is 4.75. The van der Waals surface area contributed by atoms with Gasteiger partial charge in [0.05, 0.1) is 6.54 Å². The third kappa shape index (κ3) is 4.91. The van der Waals surface area contributed by atoms with Crippen molar-refractivity contribution in [3.8, 4) is 5.75 Å². The number of rotatable bonds is 7. The van der Waals surface area contributed by atoms with E-state index in [2.05, 4.69) is 28.6 Å². The Morgan fingerprint density at radius 3 is 2.42 bits per heavy atom. The van der Waals surface area contributed by atoms with E-state index in [1.165, 1.54) is 0 Å². The van der Waals surface area contributed by atoms with Gasteiger partial charge in [0.1, 0.15) is 5.75 Å². The van der Waals surface area contributed by atoms with Gasteiger partial charge in [-0.2, -0.15) is 0 Å². The SMILES string of the molecule is CCN(CC)c1ccc(C=NCCN(C)C)c(O)c1. The van der Waals surface area contributed by atoms with E-state index >= 15 is 0 Å². The minimum absolute atomic E-state index is 0.290. The van der Waals surface area contributed by atoms with Gasteiger partial charge in [0, 0.05) is 43.2 Å². The lowest BCUT2D eigenvalue weighted by Gasteiger charge is -2.21. The van der Waals surface area contributed by atoms with Crippen molar-refractivity contribution in [1.29, 1.82) is 0 Å². The van der Waals surface area contributed by atoms with E-state index in [0.717, 1.165) is 37.4 Å². The van der Waals surface area contributed by atoms with Crippen LogP contribution in [0.2, 0.25) is 0 Å². The molecule has 19 heavy (non-hydrogen) atoms. The van der Waals surface area contributed by atoms with Crippen LogP contribution in [0.5, 0.6) is 5.75 Å². The molecule has 0 saturated carbocycles. The maximum absolute atomic E-state index is 10.0. The van der Waals surface area contributed by atoms with Crippen molar-refractivity contribution in [2.75, 3.05) is 45.2 Å². The first-order valence-corrected chi connectivity index (χ1v) is 6.81. The van der Waals surface area contributed by atoms with Crippen molar-refractivity contribution in [3.05, 3.63) is 23.8 Å². The quantitative estimate of drug-likeness (QED) is 0.767. The Balaban J connectivity index is 2.72. The van der Waals surface area contributed by atoms with E-state index in [0.29, 0.717) is 0 Å². The van der Waals surface area contributed by atoms with Gasteiger partial charge < -0.3 is 14.9 Å². The molecule has 1 rings (SSSR count). The zero-order valence-electron chi connectivity index (χ0n) is 12.4. The average Bonchev–Trinajstić information content (AvgIpc) is 2.38. The molecule has 0 saturated heterocycles. The number of likely N-dealkylation sites (N-methyl/N-ethyl adjacent to an activating group) is 1. The zero-order chi connectivity index (χ0) is 14.3. The average molecular weight is 263 g/mol. The summed E-state index contributed by atoms with van der Waals surface area (Å²) in [7, 11) is 4.04. The summed E-state index contributed by atoms with van der Waals surface area (Å²) in [6.45, 7) is 7.74. The van der Waals surface area contributed by atoms with Gasteiger partial charge in [0.25, 0.3) is 0 Å². The van der Waals surface area contributed by atoms with Gasteiger partial charge in [0.2, 0.25) is 0 Å². The first kappa shape index (κ1) is 15.5. The van der Waals surface area contributed by atoms with Gasteiger partial charge in [-0.05, 0) is 40.1 Å². The topological polar surface area (TPSA) is 39.1 Å². The second kappa shape index (κ2) is 7.79. The molecular weight excluding hydrogens is 238 g/mol. The number of aliphatic imine (C=N–C) groups is 1. The highest BCUT2D eigenvalue weighted by Gasteiger charge is 2.05. The van der Waals surface area contributed by atoms with Crippen LogP contribution in [0.3, 0.4) is 0 Å². The molecule has 0 aromatic heterocycles. The molecule has 0 atom stereocenters. The number of hydrogen-bond donors (Lipinski definition) is 1. The number of hydrogen-bond acceptors (Lipinski definition) is 4. The van der Waals surface area contributed by atoms with Gasteiger partial charge in [-0.3, -0.25) is 4.99 Å². The number of anilines is 1. The van der Waals surface area contributed by atoms with Crippen LogP contribution in [-0.2, 0) is 0 Å². The second-order valence-electron chi connectivity index (χ2n) is 4.75. The summed E-state index contributed by atoms with van der Waals surface area (Å²) in [6.07, 6.45) is 1.74. The molecule has 0 unspecified atom stereocenters. The largest absolute Gasteiger partial charge is 0.507 e. The Kier molecular flexibility index (Phi) is 6.36. The summed E-state index contributed by atoms with van der Waals surface area (Å²) >= 11 is 0. The monoisotopic (exact) mass is 263 g/mol. The van der Waals surface area contributed by atoms with Gasteiger partial charge in [0.15, 0.2) is 0 Å². The number of benzene rings is 1. The first-order chi connectivity index (χ1) is 9.08. The number of nitrogens with zero attached hydrogens (tertiary/aromatic N) is 3. The summed E-state index contributed by atoms with van der Waals surface area (Å²) in [5, 5.41) is 10.0. The van der Waals surface area contributed by atoms with E-state index in [1.54, 1.807) is 12.3 Å². The zero-order valence-corrected chi connectivity index (χ0v) is 12.4. The molecule has 0 aliphatic carbocycles. The number of phenols is 1. The van der Waals surface area contributed by atoms with Crippen molar-refractivity contribution in [1.82, 2.24) is 4.90 Å². The molecule has 0 aliphatic heterocycles. The highest BCUT2D eigenvalue weighted by Crippen LogP contribution is 2.23. The Hall–Kier alpha value is -1.55. The molecule has 1 N–H and O–H groups in total. The summed E-state index contributed by atoms with van der Waals surface area (Å²) < 4.78 is 0. The predicted octanol–water partition coefficient (Wildman–Crippen LogP) is 2.22. The summed E-state index contributed by atoms with van der Waals surface area (Å²) in [6, 6.07) is 5.75. The van der Waals surface area contributed by atoms with Crippen LogP contribution in [0.4, 0.5) is 5.69 Å². The van der Waals surface area contributed by atoms with E-state index in [-0.39, 0.29) is 5.75 Å². The fraction of sp³-hybridized carbons (Fsp3) is 0.533. The summed E-state index contributed by atoms with van der Waals surface area (Å²) in [4.78, 5) is 8.60. The highest BCUT2D eigenvalue weighted by molar-refractivity contribution is 5.84. The Labute approximate surface area is 116 Å². The van der Waals surface area contributed by atoms with Crippen LogP contribution in [0.15, 0.2) is 23.2 Å². The Morgan fingerprint density at radius 1 is 1.21 bits per heavy atom. The maximum Gasteiger partial charge on any atom is 0.126 e. The minimum atomic E-state index is 0.290. The highest BCUT2D eigenvalue weighted by atomic mass is 16.3. The van der Waals surface area contributed by atoms with E-state index in [4.69, 9.17) is 0 Å². The molecule has 0 fully saturated rings. The standard InChI is InChI=1S/C15H25N3O/c1-5-18(6-2)14-8-7-13(15(19)11-14)12-16-9-10-17(3)4/h7-8,11-12,19H,5-6,9-10H2,1-4H3. The van der Waals surface area contributed by atoms with Crippen LogP contribution in [0.1, 0.15) is 19.4 Å². The molecule has 106 valence electrons. The Bertz CT molecular complexity index is 412. The third-order valence-electron chi connectivity index (χ3n) is 3.05. The molecule has 0 aliphatic rings. The number of aromatic hydroxyl groups is 1. The maximum atomic E-state index is 10.0. The Morgan fingerprint density at radius 2 is 1.89 bits per heavy atom. The molecular formula is C15H25N3O. The number of phenolic OH excluding ortho intramolecular Hbond substituents is 1.